The molecular weight excluding hydrogens is 504 g/mol. The Morgan fingerprint density at radius 2 is 1.07 bits per heavy atom. The Morgan fingerprint density at radius 1 is 0.575 bits per heavy atom. The Balaban J connectivity index is 1.71. The molecule has 6 nitrogen and oxygen atoms in total. The van der Waals surface area contributed by atoms with E-state index in [0.717, 1.165) is 90.8 Å². The van der Waals surface area contributed by atoms with E-state index in [0.29, 0.717) is 12.8 Å². The summed E-state index contributed by atoms with van der Waals surface area (Å²) in [5.74, 6) is 1.16. The Kier molecular flexibility index (Phi) is 13.6. The van der Waals surface area contributed by atoms with Crippen molar-refractivity contribution in [3.63, 3.8) is 0 Å². The van der Waals surface area contributed by atoms with Gasteiger partial charge in [0.1, 0.15) is 37.9 Å². The first-order chi connectivity index (χ1) is 19.6. The van der Waals surface area contributed by atoms with Gasteiger partial charge in [0, 0.05) is 34.4 Å². The zero-order chi connectivity index (χ0) is 28.6. The molecule has 0 spiro atoms. The minimum Gasteiger partial charge on any atom is -0.489 e. The monoisotopic (exact) mass is 550 g/mol. The Bertz CT molecular complexity index is 1220. The number of esters is 2. The van der Waals surface area contributed by atoms with Crippen LogP contribution in [0.2, 0.25) is 0 Å². The molecule has 0 saturated carbocycles. The molecule has 3 aromatic carbocycles. The maximum absolute atomic E-state index is 12.1. The second-order valence-corrected chi connectivity index (χ2v) is 10.2. The van der Waals surface area contributed by atoms with E-state index < -0.39 is 0 Å². The SMILES string of the molecule is CCCCCCC(=O)OCCOc1c2ccccc2c(OCCOC(=O)CCCCCC)c2cc(CC)ccc12. The molecule has 0 bridgehead atoms. The largest absolute Gasteiger partial charge is 0.489 e. The fraction of sp³-hybridized carbons (Fsp3) is 0.529. The molecule has 0 aliphatic rings. The zero-order valence-corrected chi connectivity index (χ0v) is 24.6. The van der Waals surface area contributed by atoms with E-state index >= 15 is 0 Å². The number of rotatable bonds is 19. The van der Waals surface area contributed by atoms with E-state index in [1.807, 2.05) is 24.3 Å². The zero-order valence-electron chi connectivity index (χ0n) is 24.6. The molecule has 0 radical (unpaired) electrons. The van der Waals surface area contributed by atoms with Crippen molar-refractivity contribution in [3.8, 4) is 11.5 Å². The van der Waals surface area contributed by atoms with Gasteiger partial charge in [-0.25, -0.2) is 0 Å². The number of carbonyl (C=O) groups excluding carboxylic acids is 2. The lowest BCUT2D eigenvalue weighted by Crippen LogP contribution is -2.13. The lowest BCUT2D eigenvalue weighted by Gasteiger charge is -2.18. The number of fused-ring (bicyclic) bond motifs is 2. The van der Waals surface area contributed by atoms with Crippen LogP contribution < -0.4 is 9.47 Å². The summed E-state index contributed by atoms with van der Waals surface area (Å²) >= 11 is 0. The van der Waals surface area contributed by atoms with Gasteiger partial charge in [-0.15, -0.1) is 0 Å². The molecular formula is C34H46O6. The normalized spacial score (nSPS) is 11.1. The van der Waals surface area contributed by atoms with Gasteiger partial charge >= 0.3 is 11.9 Å². The third-order valence-corrected chi connectivity index (χ3v) is 7.05. The van der Waals surface area contributed by atoms with Crippen molar-refractivity contribution in [2.75, 3.05) is 26.4 Å². The van der Waals surface area contributed by atoms with Gasteiger partial charge in [0.15, 0.2) is 0 Å². The van der Waals surface area contributed by atoms with E-state index in [2.05, 4.69) is 39.0 Å². The van der Waals surface area contributed by atoms with Crippen molar-refractivity contribution < 1.29 is 28.5 Å². The molecule has 0 aliphatic carbocycles. The second-order valence-electron chi connectivity index (χ2n) is 10.2. The molecule has 0 saturated heterocycles. The average Bonchev–Trinajstić information content (AvgIpc) is 2.98. The smallest absolute Gasteiger partial charge is 0.305 e. The van der Waals surface area contributed by atoms with Gasteiger partial charge in [0.25, 0.3) is 0 Å². The highest BCUT2D eigenvalue weighted by Crippen LogP contribution is 2.43. The van der Waals surface area contributed by atoms with Crippen LogP contribution in [0.5, 0.6) is 11.5 Å². The molecule has 218 valence electrons. The third kappa shape index (κ3) is 9.42. The topological polar surface area (TPSA) is 71.1 Å². The fourth-order valence-electron chi connectivity index (χ4n) is 4.81. The Labute approximate surface area is 239 Å². The highest BCUT2D eigenvalue weighted by Gasteiger charge is 2.17. The number of hydrogen-bond donors (Lipinski definition) is 0. The summed E-state index contributed by atoms with van der Waals surface area (Å²) in [7, 11) is 0. The third-order valence-electron chi connectivity index (χ3n) is 7.05. The molecule has 0 atom stereocenters. The van der Waals surface area contributed by atoms with Gasteiger partial charge in [-0.05, 0) is 30.9 Å². The highest BCUT2D eigenvalue weighted by molar-refractivity contribution is 6.11. The standard InChI is InChI=1S/C34H46O6/c1-4-7-9-11-17-31(35)37-21-23-39-33-27-15-13-14-16-28(27)34(30-25-26(6-3)19-20-29(30)33)40-24-22-38-32(36)18-12-10-8-5-2/h13-16,19-20,25H,4-12,17-18,21-24H2,1-3H3. The second kappa shape index (κ2) is 17.4. The minimum atomic E-state index is -0.174. The van der Waals surface area contributed by atoms with Gasteiger partial charge in [-0.3, -0.25) is 9.59 Å². The minimum absolute atomic E-state index is 0.173. The molecule has 3 aromatic rings. The molecule has 0 heterocycles. The summed E-state index contributed by atoms with van der Waals surface area (Å²) in [5, 5.41) is 3.74. The van der Waals surface area contributed by atoms with Crippen LogP contribution in [0.3, 0.4) is 0 Å². The van der Waals surface area contributed by atoms with E-state index in [-0.39, 0.29) is 38.4 Å². The van der Waals surface area contributed by atoms with Gasteiger partial charge in [0.2, 0.25) is 0 Å². The van der Waals surface area contributed by atoms with Crippen LogP contribution in [-0.2, 0) is 25.5 Å². The number of unbranched alkanes of at least 4 members (excludes halogenated alkanes) is 6. The maximum atomic E-state index is 12.1. The number of aryl methyl sites for hydroxylation is 1. The molecule has 0 amide bonds. The molecule has 0 aliphatic heterocycles. The lowest BCUT2D eigenvalue weighted by atomic mass is 9.98. The first-order valence-electron chi connectivity index (χ1n) is 15.1. The Morgan fingerprint density at radius 3 is 1.57 bits per heavy atom. The number of benzene rings is 3. The van der Waals surface area contributed by atoms with Crippen LogP contribution in [-0.4, -0.2) is 38.4 Å². The number of ether oxygens (including phenoxy) is 4. The molecule has 0 aromatic heterocycles. The highest BCUT2D eigenvalue weighted by atomic mass is 16.6. The number of carbonyl (C=O) groups is 2. The summed E-state index contributed by atoms with van der Waals surface area (Å²) < 4.78 is 23.4. The van der Waals surface area contributed by atoms with Gasteiger partial charge in [-0.2, -0.15) is 0 Å². The maximum Gasteiger partial charge on any atom is 0.305 e. The van der Waals surface area contributed by atoms with E-state index in [4.69, 9.17) is 18.9 Å². The van der Waals surface area contributed by atoms with Crippen LogP contribution in [0.15, 0.2) is 42.5 Å². The van der Waals surface area contributed by atoms with Crippen LogP contribution in [0, 0.1) is 0 Å². The van der Waals surface area contributed by atoms with Crippen LogP contribution in [0.25, 0.3) is 21.5 Å². The van der Waals surface area contributed by atoms with Crippen molar-refractivity contribution in [2.24, 2.45) is 0 Å². The van der Waals surface area contributed by atoms with Gasteiger partial charge in [0.05, 0.1) is 0 Å². The number of hydrogen-bond acceptors (Lipinski definition) is 6. The van der Waals surface area contributed by atoms with Crippen molar-refractivity contribution in [1.29, 1.82) is 0 Å². The van der Waals surface area contributed by atoms with Crippen LogP contribution >= 0.6 is 0 Å². The molecule has 0 unspecified atom stereocenters. The lowest BCUT2D eigenvalue weighted by molar-refractivity contribution is -0.145. The van der Waals surface area contributed by atoms with Crippen LogP contribution in [0.1, 0.15) is 90.5 Å². The predicted octanol–water partition coefficient (Wildman–Crippen LogP) is 8.34. The molecule has 0 fully saturated rings. The molecule has 6 heteroatoms. The summed E-state index contributed by atoms with van der Waals surface area (Å²) in [5.41, 5.74) is 1.19. The van der Waals surface area contributed by atoms with Crippen molar-refractivity contribution in [3.05, 3.63) is 48.0 Å². The van der Waals surface area contributed by atoms with E-state index in [1.165, 1.54) is 5.56 Å². The van der Waals surface area contributed by atoms with Gasteiger partial charge < -0.3 is 18.9 Å². The fourth-order valence-corrected chi connectivity index (χ4v) is 4.81. The van der Waals surface area contributed by atoms with E-state index in [9.17, 15) is 9.59 Å². The van der Waals surface area contributed by atoms with Crippen molar-refractivity contribution >= 4 is 33.5 Å². The Hall–Kier alpha value is -3.28. The molecule has 40 heavy (non-hydrogen) atoms. The van der Waals surface area contributed by atoms with E-state index in [1.54, 1.807) is 0 Å². The quantitative estimate of drug-likeness (QED) is 0.0849. The summed E-state index contributed by atoms with van der Waals surface area (Å²) in [6.07, 6.45) is 10.2. The van der Waals surface area contributed by atoms with Crippen molar-refractivity contribution in [1.82, 2.24) is 0 Å². The summed E-state index contributed by atoms with van der Waals surface area (Å²) in [4.78, 5) is 24.2. The first-order valence-corrected chi connectivity index (χ1v) is 15.1. The molecule has 3 rings (SSSR count). The summed E-state index contributed by atoms with van der Waals surface area (Å²) in [6.45, 7) is 7.37. The first kappa shape index (κ1) is 31.3. The van der Waals surface area contributed by atoms with Crippen molar-refractivity contribution in [2.45, 2.75) is 91.4 Å². The van der Waals surface area contributed by atoms with Gasteiger partial charge in [-0.1, -0.05) is 95.7 Å². The average molecular weight is 551 g/mol. The molecule has 0 N–H and O–H groups in total. The summed E-state index contributed by atoms with van der Waals surface area (Å²) in [6, 6.07) is 14.3. The predicted molar refractivity (Wildman–Crippen MR) is 161 cm³/mol. The van der Waals surface area contributed by atoms with Crippen LogP contribution in [0.4, 0.5) is 0 Å².